The van der Waals surface area contributed by atoms with Crippen molar-refractivity contribution >= 4 is 35.4 Å². The maximum absolute atomic E-state index is 14.2. The smallest absolute Gasteiger partial charge is 0.247 e. The van der Waals surface area contributed by atoms with Crippen LogP contribution in [0.15, 0.2) is 60.7 Å². The van der Waals surface area contributed by atoms with Crippen LogP contribution in [0, 0.1) is 10.8 Å². The summed E-state index contributed by atoms with van der Waals surface area (Å²) in [6.45, 7) is 11.7. The maximum Gasteiger partial charge on any atom is 0.247 e. The molecule has 2 aromatic rings. The molecule has 1 heterocycles. The first-order valence-electron chi connectivity index (χ1n) is 16.3. The molecule has 48 heavy (non-hydrogen) atoms. The first kappa shape index (κ1) is 37.7. The lowest BCUT2D eigenvalue weighted by Gasteiger charge is -2.44. The number of carbonyl (C=O) groups is 6. The van der Waals surface area contributed by atoms with Gasteiger partial charge in [0, 0.05) is 26.2 Å². The third kappa shape index (κ3) is 12.5. The predicted octanol–water partition coefficient (Wildman–Crippen LogP) is 2.13. The van der Waals surface area contributed by atoms with Crippen molar-refractivity contribution in [1.82, 2.24) is 31.1 Å². The van der Waals surface area contributed by atoms with Gasteiger partial charge in [-0.2, -0.15) is 0 Å². The zero-order valence-electron chi connectivity index (χ0n) is 28.9. The zero-order chi connectivity index (χ0) is 35.5. The second kappa shape index (κ2) is 16.9. The van der Waals surface area contributed by atoms with Gasteiger partial charge in [0.05, 0.1) is 12.8 Å². The molecule has 1 saturated heterocycles. The van der Waals surface area contributed by atoms with E-state index in [-0.39, 0.29) is 23.9 Å². The summed E-state index contributed by atoms with van der Waals surface area (Å²) in [5.74, 6) is -3.43. The van der Waals surface area contributed by atoms with E-state index in [4.69, 9.17) is 0 Å². The minimum absolute atomic E-state index is 0.193. The Hall–Kier alpha value is -4.74. The molecule has 0 spiro atoms. The molecule has 6 amide bonds. The summed E-state index contributed by atoms with van der Waals surface area (Å²) in [6.07, 6.45) is -0.838. The lowest BCUT2D eigenvalue weighted by molar-refractivity contribution is -0.166. The molecule has 0 aromatic heterocycles. The fourth-order valence-electron chi connectivity index (χ4n) is 4.97. The minimum atomic E-state index is -1.37. The SMILES string of the molecule is CC(C)(C)CNC(=O)C[C@H]1C(=O)N(CC(=O)NCc2ccccc2)[C@@H](CC(=O)NCC(C)(C)C)C(=O)N1CC(=O)NCc1ccccc1. The van der Waals surface area contributed by atoms with Crippen LogP contribution in [0.3, 0.4) is 0 Å². The third-order valence-corrected chi connectivity index (χ3v) is 7.57. The first-order chi connectivity index (χ1) is 22.5. The van der Waals surface area contributed by atoms with Crippen LogP contribution in [-0.2, 0) is 41.9 Å². The van der Waals surface area contributed by atoms with Crippen LogP contribution < -0.4 is 21.3 Å². The van der Waals surface area contributed by atoms with Gasteiger partial charge >= 0.3 is 0 Å². The Morgan fingerprint density at radius 1 is 0.542 bits per heavy atom. The van der Waals surface area contributed by atoms with Gasteiger partial charge in [-0.25, -0.2) is 0 Å². The third-order valence-electron chi connectivity index (χ3n) is 7.57. The van der Waals surface area contributed by atoms with Crippen molar-refractivity contribution in [3.8, 4) is 0 Å². The van der Waals surface area contributed by atoms with E-state index in [9.17, 15) is 28.8 Å². The summed E-state index contributed by atoms with van der Waals surface area (Å²) in [7, 11) is 0. The Labute approximate surface area is 283 Å². The topological polar surface area (TPSA) is 157 Å². The van der Waals surface area contributed by atoms with Crippen molar-refractivity contribution < 1.29 is 28.8 Å². The number of piperazine rings is 1. The van der Waals surface area contributed by atoms with Crippen LogP contribution in [0.5, 0.6) is 0 Å². The van der Waals surface area contributed by atoms with Crippen LogP contribution in [0.4, 0.5) is 0 Å². The highest BCUT2D eigenvalue weighted by molar-refractivity contribution is 6.03. The molecule has 0 aliphatic carbocycles. The molecule has 260 valence electrons. The van der Waals surface area contributed by atoms with E-state index in [0.717, 1.165) is 20.9 Å². The van der Waals surface area contributed by atoms with E-state index in [1.165, 1.54) is 0 Å². The molecular weight excluding hydrogens is 612 g/mol. The minimum Gasteiger partial charge on any atom is -0.355 e. The van der Waals surface area contributed by atoms with Crippen molar-refractivity contribution in [2.75, 3.05) is 26.2 Å². The van der Waals surface area contributed by atoms with Crippen molar-refractivity contribution in [2.45, 2.75) is 79.6 Å². The van der Waals surface area contributed by atoms with Gasteiger partial charge in [-0.3, -0.25) is 28.8 Å². The van der Waals surface area contributed by atoms with E-state index in [1.807, 2.05) is 102 Å². The molecule has 1 fully saturated rings. The second-order valence-corrected chi connectivity index (χ2v) is 14.6. The monoisotopic (exact) mass is 662 g/mol. The number of amides is 6. The fraction of sp³-hybridized carbons (Fsp3) is 0.500. The summed E-state index contributed by atoms with van der Waals surface area (Å²) in [5.41, 5.74) is 1.19. The van der Waals surface area contributed by atoms with Crippen molar-refractivity contribution in [3.05, 3.63) is 71.8 Å². The maximum atomic E-state index is 14.2. The summed E-state index contributed by atoms with van der Waals surface area (Å²) >= 11 is 0. The molecule has 3 rings (SSSR count). The number of nitrogens with zero attached hydrogens (tertiary/aromatic N) is 2. The summed E-state index contributed by atoms with van der Waals surface area (Å²) in [4.78, 5) is 83.1. The van der Waals surface area contributed by atoms with Gasteiger partial charge in [0.2, 0.25) is 35.4 Å². The number of hydrogen-bond acceptors (Lipinski definition) is 6. The molecule has 0 radical (unpaired) electrons. The highest BCUT2D eigenvalue weighted by Crippen LogP contribution is 2.24. The molecule has 4 N–H and O–H groups in total. The summed E-state index contributed by atoms with van der Waals surface area (Å²) in [6, 6.07) is 15.7. The highest BCUT2D eigenvalue weighted by atomic mass is 16.2. The van der Waals surface area contributed by atoms with Crippen LogP contribution >= 0.6 is 0 Å². The van der Waals surface area contributed by atoms with Gasteiger partial charge in [0.25, 0.3) is 0 Å². The molecular formula is C36H50N6O6. The molecule has 12 nitrogen and oxygen atoms in total. The molecule has 1 aliphatic heterocycles. The number of nitrogens with one attached hydrogen (secondary N) is 4. The Kier molecular flexibility index (Phi) is 13.3. The second-order valence-electron chi connectivity index (χ2n) is 14.6. The Bertz CT molecular complexity index is 1320. The largest absolute Gasteiger partial charge is 0.355 e. The molecule has 1 aliphatic rings. The average Bonchev–Trinajstić information content (AvgIpc) is 3.03. The van der Waals surface area contributed by atoms with Gasteiger partial charge in [0.1, 0.15) is 25.2 Å². The summed E-state index contributed by atoms with van der Waals surface area (Å²) < 4.78 is 0. The van der Waals surface area contributed by atoms with E-state index in [2.05, 4.69) is 21.3 Å². The van der Waals surface area contributed by atoms with Crippen LogP contribution in [0.2, 0.25) is 0 Å². The molecule has 0 saturated carbocycles. The van der Waals surface area contributed by atoms with Crippen LogP contribution in [-0.4, -0.2) is 83.5 Å². The lowest BCUT2D eigenvalue weighted by Crippen LogP contribution is -2.68. The first-order valence-corrected chi connectivity index (χ1v) is 16.3. The van der Waals surface area contributed by atoms with Gasteiger partial charge in [-0.1, -0.05) is 102 Å². The Balaban J connectivity index is 1.89. The predicted molar refractivity (Wildman–Crippen MR) is 182 cm³/mol. The Morgan fingerprint density at radius 3 is 1.19 bits per heavy atom. The standard InChI is InChI=1S/C36H50N6O6/c1-35(2,3)23-39-29(43)17-27-33(47)42(22-32(46)38-20-26-15-11-8-12-16-26)28(18-30(44)40-24-36(4,5)6)34(48)41(27)21-31(45)37-19-25-13-9-7-10-14-25/h7-16,27-28H,17-24H2,1-6H3,(H,37,45)(H,38,46)(H,39,43)(H,40,44)/t27-,28-/m0/s1. The summed E-state index contributed by atoms with van der Waals surface area (Å²) in [5, 5.41) is 11.1. The van der Waals surface area contributed by atoms with Crippen molar-refractivity contribution in [2.24, 2.45) is 10.8 Å². The number of rotatable bonds is 14. The lowest BCUT2D eigenvalue weighted by atomic mass is 9.95. The quantitative estimate of drug-likeness (QED) is 0.243. The van der Waals surface area contributed by atoms with E-state index in [0.29, 0.717) is 13.1 Å². The van der Waals surface area contributed by atoms with Gasteiger partial charge in [-0.05, 0) is 22.0 Å². The van der Waals surface area contributed by atoms with E-state index in [1.54, 1.807) is 0 Å². The molecule has 2 atom stereocenters. The fourth-order valence-corrected chi connectivity index (χ4v) is 4.97. The van der Waals surface area contributed by atoms with Crippen LogP contribution in [0.1, 0.15) is 65.5 Å². The normalized spacial score (nSPS) is 16.7. The van der Waals surface area contributed by atoms with Gasteiger partial charge < -0.3 is 31.1 Å². The zero-order valence-corrected chi connectivity index (χ0v) is 28.9. The molecule has 12 heteroatoms. The number of carbonyl (C=O) groups excluding carboxylic acids is 6. The van der Waals surface area contributed by atoms with E-state index >= 15 is 0 Å². The van der Waals surface area contributed by atoms with Gasteiger partial charge in [0.15, 0.2) is 0 Å². The van der Waals surface area contributed by atoms with Crippen molar-refractivity contribution in [3.63, 3.8) is 0 Å². The number of benzene rings is 2. The molecule has 0 bridgehead atoms. The molecule has 2 aromatic carbocycles. The highest BCUT2D eigenvalue weighted by Gasteiger charge is 2.48. The van der Waals surface area contributed by atoms with Crippen molar-refractivity contribution in [1.29, 1.82) is 0 Å². The van der Waals surface area contributed by atoms with E-state index < -0.39 is 73.5 Å². The van der Waals surface area contributed by atoms with Gasteiger partial charge in [-0.15, -0.1) is 0 Å². The average molecular weight is 663 g/mol. The molecule has 0 unspecified atom stereocenters. The Morgan fingerprint density at radius 2 is 0.875 bits per heavy atom. The number of hydrogen-bond donors (Lipinski definition) is 4. The van der Waals surface area contributed by atoms with Crippen LogP contribution in [0.25, 0.3) is 0 Å².